The van der Waals surface area contributed by atoms with Gasteiger partial charge in [0.05, 0.1) is 0 Å². The molecule has 28 heavy (non-hydrogen) atoms. The molecule has 0 spiro atoms. The van der Waals surface area contributed by atoms with E-state index in [2.05, 4.69) is 84.1 Å². The van der Waals surface area contributed by atoms with Gasteiger partial charge < -0.3 is 4.90 Å². The van der Waals surface area contributed by atoms with Crippen LogP contribution in [-0.2, 0) is 6.42 Å². The van der Waals surface area contributed by atoms with Gasteiger partial charge in [-0.2, -0.15) is 0 Å². The van der Waals surface area contributed by atoms with Crippen LogP contribution >= 0.6 is 0 Å². The van der Waals surface area contributed by atoms with Crippen molar-refractivity contribution in [3.8, 4) is 0 Å². The van der Waals surface area contributed by atoms with Crippen LogP contribution in [0.3, 0.4) is 0 Å². The highest BCUT2D eigenvalue weighted by Crippen LogP contribution is 2.32. The maximum atomic E-state index is 4.15. The van der Waals surface area contributed by atoms with Gasteiger partial charge >= 0.3 is 0 Å². The van der Waals surface area contributed by atoms with Crippen LogP contribution in [-0.4, -0.2) is 13.3 Å². The molecule has 0 heterocycles. The number of para-hydroxylation sites is 1. The Morgan fingerprint density at radius 1 is 0.964 bits per heavy atom. The summed E-state index contributed by atoms with van der Waals surface area (Å²) in [6, 6.07) is 27.4. The van der Waals surface area contributed by atoms with E-state index in [4.69, 9.17) is 0 Å². The summed E-state index contributed by atoms with van der Waals surface area (Å²) in [5.41, 5.74) is 7.13. The Hall–Kier alpha value is -3.39. The molecule has 0 atom stereocenters. The first-order valence-electron chi connectivity index (χ1n) is 9.46. The van der Waals surface area contributed by atoms with Crippen molar-refractivity contribution in [2.24, 2.45) is 4.99 Å². The molecule has 0 saturated carbocycles. The van der Waals surface area contributed by atoms with Crippen LogP contribution in [0.15, 0.2) is 103 Å². The third kappa shape index (κ3) is 4.66. The van der Waals surface area contributed by atoms with Crippen LogP contribution in [0.1, 0.15) is 16.7 Å². The monoisotopic (exact) mass is 366 g/mol. The summed E-state index contributed by atoms with van der Waals surface area (Å²) in [7, 11) is 1.80. The van der Waals surface area contributed by atoms with Gasteiger partial charge in [0.1, 0.15) is 0 Å². The molecule has 0 fully saturated rings. The molecule has 2 heteroatoms. The van der Waals surface area contributed by atoms with Gasteiger partial charge in [0.2, 0.25) is 0 Å². The SMILES string of the molecule is C=CN(c1ccccc1)c1cc(/C(=C/C=NC)Cc2ccccc2)ccc1C. The van der Waals surface area contributed by atoms with Crippen molar-refractivity contribution >= 4 is 23.2 Å². The minimum Gasteiger partial charge on any atom is -0.317 e. The van der Waals surface area contributed by atoms with E-state index in [1.807, 2.05) is 36.7 Å². The van der Waals surface area contributed by atoms with Gasteiger partial charge in [-0.3, -0.25) is 4.99 Å². The molecule has 3 aromatic carbocycles. The first-order valence-corrected chi connectivity index (χ1v) is 9.46. The Morgan fingerprint density at radius 3 is 2.29 bits per heavy atom. The third-order valence-electron chi connectivity index (χ3n) is 4.72. The summed E-state index contributed by atoms with van der Waals surface area (Å²) in [5.74, 6) is 0. The first-order chi connectivity index (χ1) is 13.7. The van der Waals surface area contributed by atoms with E-state index in [-0.39, 0.29) is 0 Å². The average Bonchev–Trinajstić information content (AvgIpc) is 2.74. The van der Waals surface area contributed by atoms with Gasteiger partial charge in [0, 0.05) is 30.8 Å². The van der Waals surface area contributed by atoms with Gasteiger partial charge in [-0.25, -0.2) is 0 Å². The number of anilines is 2. The number of aryl methyl sites for hydroxylation is 1. The fraction of sp³-hybridized carbons (Fsp3) is 0.115. The van der Waals surface area contributed by atoms with Crippen LogP contribution in [0.2, 0.25) is 0 Å². The van der Waals surface area contributed by atoms with E-state index in [0.717, 1.165) is 17.8 Å². The number of rotatable bonds is 7. The van der Waals surface area contributed by atoms with Crippen LogP contribution in [0.5, 0.6) is 0 Å². The Balaban J connectivity index is 2.03. The minimum atomic E-state index is 0.856. The molecular formula is C26H26N2. The molecule has 0 amide bonds. The van der Waals surface area contributed by atoms with Gasteiger partial charge in [0.25, 0.3) is 0 Å². The highest BCUT2D eigenvalue weighted by atomic mass is 15.1. The first kappa shape index (κ1) is 19.4. The summed E-state index contributed by atoms with van der Waals surface area (Å²) in [5, 5.41) is 0. The largest absolute Gasteiger partial charge is 0.317 e. The van der Waals surface area contributed by atoms with E-state index in [0.29, 0.717) is 0 Å². The van der Waals surface area contributed by atoms with Crippen LogP contribution in [0.4, 0.5) is 11.4 Å². The van der Waals surface area contributed by atoms with Crippen molar-refractivity contribution in [2.45, 2.75) is 13.3 Å². The lowest BCUT2D eigenvalue weighted by Gasteiger charge is -2.23. The van der Waals surface area contributed by atoms with E-state index in [9.17, 15) is 0 Å². The van der Waals surface area contributed by atoms with Crippen LogP contribution < -0.4 is 4.90 Å². The maximum absolute atomic E-state index is 4.15. The van der Waals surface area contributed by atoms with Crippen LogP contribution in [0.25, 0.3) is 5.57 Å². The molecule has 0 aliphatic carbocycles. The Labute approximate surface area is 168 Å². The predicted octanol–water partition coefficient (Wildman–Crippen LogP) is 6.60. The molecule has 0 aliphatic rings. The highest BCUT2D eigenvalue weighted by molar-refractivity contribution is 5.86. The second kappa shape index (κ2) is 9.52. The summed E-state index contributed by atoms with van der Waals surface area (Å²) >= 11 is 0. The van der Waals surface area contributed by atoms with Crippen molar-refractivity contribution in [3.63, 3.8) is 0 Å². The summed E-state index contributed by atoms with van der Waals surface area (Å²) in [4.78, 5) is 6.29. The molecule has 3 aromatic rings. The van der Waals surface area contributed by atoms with Crippen molar-refractivity contribution in [1.29, 1.82) is 0 Å². The number of hydrogen-bond donors (Lipinski definition) is 0. The maximum Gasteiger partial charge on any atom is 0.0490 e. The number of nitrogens with zero attached hydrogens (tertiary/aromatic N) is 2. The molecular weight excluding hydrogens is 340 g/mol. The standard InChI is InChI=1S/C26H26N2/c1-4-28(25-13-9-6-10-14-25)26-20-23(16-15-21(26)2)24(17-18-27-3)19-22-11-7-5-8-12-22/h4-18,20H,1,19H2,2-3H3/b24-17+,27-18?. The zero-order valence-corrected chi connectivity index (χ0v) is 16.5. The number of benzene rings is 3. The van der Waals surface area contributed by atoms with Crippen molar-refractivity contribution in [1.82, 2.24) is 0 Å². The van der Waals surface area contributed by atoms with E-state index < -0.39 is 0 Å². The van der Waals surface area contributed by atoms with E-state index in [1.165, 1.54) is 22.3 Å². The van der Waals surface area contributed by atoms with E-state index in [1.54, 1.807) is 7.05 Å². The Morgan fingerprint density at radius 2 is 1.64 bits per heavy atom. The zero-order chi connectivity index (χ0) is 19.8. The fourth-order valence-corrected chi connectivity index (χ4v) is 3.24. The smallest absolute Gasteiger partial charge is 0.0490 e. The lowest BCUT2D eigenvalue weighted by atomic mass is 9.96. The molecule has 0 unspecified atom stereocenters. The molecule has 140 valence electrons. The van der Waals surface area contributed by atoms with Crippen molar-refractivity contribution in [2.75, 3.05) is 11.9 Å². The highest BCUT2D eigenvalue weighted by Gasteiger charge is 2.11. The number of allylic oxidation sites excluding steroid dienone is 2. The van der Waals surface area contributed by atoms with Gasteiger partial charge in [-0.1, -0.05) is 67.2 Å². The lowest BCUT2D eigenvalue weighted by molar-refractivity contribution is 1.23. The molecule has 2 nitrogen and oxygen atoms in total. The van der Waals surface area contributed by atoms with E-state index >= 15 is 0 Å². The Bertz CT molecular complexity index is 970. The fourth-order valence-electron chi connectivity index (χ4n) is 3.24. The average molecular weight is 367 g/mol. The van der Waals surface area contributed by atoms with Crippen LogP contribution in [0, 0.1) is 6.92 Å². The summed E-state index contributed by atoms with van der Waals surface area (Å²) < 4.78 is 0. The molecule has 0 N–H and O–H groups in total. The quantitative estimate of drug-likeness (QED) is 0.430. The molecule has 0 aliphatic heterocycles. The molecule has 0 radical (unpaired) electrons. The number of hydrogen-bond acceptors (Lipinski definition) is 2. The van der Waals surface area contributed by atoms with Crippen molar-refractivity contribution < 1.29 is 0 Å². The molecule has 3 rings (SSSR count). The third-order valence-corrected chi connectivity index (χ3v) is 4.72. The minimum absolute atomic E-state index is 0.856. The predicted molar refractivity (Wildman–Crippen MR) is 122 cm³/mol. The van der Waals surface area contributed by atoms with Crippen molar-refractivity contribution in [3.05, 3.63) is 114 Å². The topological polar surface area (TPSA) is 15.6 Å². The normalized spacial score (nSPS) is 11.6. The molecule has 0 saturated heterocycles. The molecule has 0 aromatic heterocycles. The zero-order valence-electron chi connectivity index (χ0n) is 16.5. The lowest BCUT2D eigenvalue weighted by Crippen LogP contribution is -2.09. The van der Waals surface area contributed by atoms with Gasteiger partial charge in [-0.05, 0) is 59.9 Å². The second-order valence-corrected chi connectivity index (χ2v) is 6.65. The second-order valence-electron chi connectivity index (χ2n) is 6.65. The van der Waals surface area contributed by atoms with Gasteiger partial charge in [0.15, 0.2) is 0 Å². The molecule has 0 bridgehead atoms. The summed E-state index contributed by atoms with van der Waals surface area (Å²) in [6.07, 6.45) is 6.69. The summed E-state index contributed by atoms with van der Waals surface area (Å²) in [6.45, 7) is 6.17. The van der Waals surface area contributed by atoms with Gasteiger partial charge in [-0.15, -0.1) is 0 Å². The Kier molecular flexibility index (Phi) is 6.59. The number of aliphatic imine (C=N–C) groups is 1.